The number of piperazine rings is 1. The van der Waals surface area contributed by atoms with Crippen molar-refractivity contribution in [1.29, 1.82) is 0 Å². The number of aromatic nitrogens is 6. The molecule has 5 rings (SSSR count). The number of nitrogens with one attached hydrogen (secondary N) is 2. The maximum Gasteiger partial charge on any atom is 0.225 e. The Labute approximate surface area is 245 Å². The predicted molar refractivity (Wildman–Crippen MR) is 161 cm³/mol. The Bertz CT molecular complexity index is 1660. The van der Waals surface area contributed by atoms with Gasteiger partial charge in [0.2, 0.25) is 5.95 Å². The number of fused-ring (bicyclic) bond motifs is 1. The molecule has 1 aromatic carbocycles. The van der Waals surface area contributed by atoms with Crippen LogP contribution < -0.4 is 19.7 Å². The molecule has 0 radical (unpaired) electrons. The van der Waals surface area contributed by atoms with Gasteiger partial charge in [-0.1, -0.05) is 0 Å². The van der Waals surface area contributed by atoms with E-state index in [1.807, 2.05) is 13.8 Å². The third-order valence-corrected chi connectivity index (χ3v) is 9.97. The van der Waals surface area contributed by atoms with Crippen LogP contribution >= 0.6 is 0 Å². The molecule has 1 aliphatic rings. The van der Waals surface area contributed by atoms with E-state index in [1.165, 1.54) is 6.33 Å². The molecule has 2 N–H and O–H groups in total. The van der Waals surface area contributed by atoms with Crippen LogP contribution in [0.1, 0.15) is 32.0 Å². The molecule has 0 atom stereocenters. The summed E-state index contributed by atoms with van der Waals surface area (Å²) >= 11 is 0. The number of rotatable bonds is 9. The van der Waals surface area contributed by atoms with Crippen LogP contribution in [-0.4, -0.2) is 94.6 Å². The van der Waals surface area contributed by atoms with Crippen molar-refractivity contribution in [1.82, 2.24) is 35.0 Å². The molecule has 1 fully saturated rings. The van der Waals surface area contributed by atoms with E-state index in [0.29, 0.717) is 47.4 Å². The minimum Gasteiger partial charge on any atom is -0.494 e. The number of hydrogen-bond donors (Lipinski definition) is 2. The summed E-state index contributed by atoms with van der Waals surface area (Å²) < 4.78 is 37.7. The summed E-state index contributed by atoms with van der Waals surface area (Å²) in [5.74, 6) is 2.65. The van der Waals surface area contributed by atoms with Crippen LogP contribution in [0.15, 0.2) is 35.7 Å². The molecule has 1 saturated heterocycles. The van der Waals surface area contributed by atoms with E-state index < -0.39 is 14.6 Å². The van der Waals surface area contributed by atoms with E-state index >= 15 is 0 Å². The van der Waals surface area contributed by atoms with E-state index in [1.54, 1.807) is 52.4 Å². The largest absolute Gasteiger partial charge is 0.494 e. The maximum absolute atomic E-state index is 13.7. The number of nitrogens with zero attached hydrogens (tertiary/aromatic N) is 7. The number of H-pyrrole nitrogens is 1. The van der Waals surface area contributed by atoms with Crippen LogP contribution in [0.3, 0.4) is 0 Å². The number of ether oxygens (including phenoxy) is 2. The zero-order valence-electron chi connectivity index (χ0n) is 24.8. The molecule has 0 amide bonds. The summed E-state index contributed by atoms with van der Waals surface area (Å²) in [6.07, 6.45) is 4.77. The van der Waals surface area contributed by atoms with Crippen molar-refractivity contribution < 1.29 is 17.9 Å². The van der Waals surface area contributed by atoms with Gasteiger partial charge >= 0.3 is 0 Å². The van der Waals surface area contributed by atoms with Crippen LogP contribution in [0.5, 0.6) is 11.5 Å². The molecule has 0 bridgehead atoms. The number of anilines is 3. The van der Waals surface area contributed by atoms with Crippen molar-refractivity contribution in [2.24, 2.45) is 0 Å². The van der Waals surface area contributed by atoms with Gasteiger partial charge in [0.25, 0.3) is 0 Å². The second-order valence-corrected chi connectivity index (χ2v) is 13.9. The molecule has 3 aromatic heterocycles. The van der Waals surface area contributed by atoms with Gasteiger partial charge in [-0.25, -0.2) is 28.4 Å². The van der Waals surface area contributed by atoms with Gasteiger partial charge in [0.05, 0.1) is 29.8 Å². The number of methoxy groups -OCH3 is 1. The van der Waals surface area contributed by atoms with Crippen LogP contribution in [0.2, 0.25) is 0 Å². The van der Waals surface area contributed by atoms with Crippen molar-refractivity contribution in [2.45, 2.75) is 44.3 Å². The van der Waals surface area contributed by atoms with Gasteiger partial charge in [-0.3, -0.25) is 10.00 Å². The molecule has 0 aliphatic carbocycles. The summed E-state index contributed by atoms with van der Waals surface area (Å²) in [5.41, 5.74) is 2.44. The molecule has 0 saturated carbocycles. The summed E-state index contributed by atoms with van der Waals surface area (Å²) in [6.45, 7) is 13.0. The minimum atomic E-state index is -3.76. The predicted octanol–water partition coefficient (Wildman–Crippen LogP) is 3.29. The average Bonchev–Trinajstić information content (AvgIpc) is 3.29. The lowest BCUT2D eigenvalue weighted by atomic mass is 10.2. The average molecular weight is 596 g/mol. The Morgan fingerprint density at radius 3 is 2.33 bits per heavy atom. The van der Waals surface area contributed by atoms with E-state index in [0.717, 1.165) is 37.4 Å². The van der Waals surface area contributed by atoms with Gasteiger partial charge in [0, 0.05) is 55.4 Å². The maximum atomic E-state index is 13.7. The first-order valence-corrected chi connectivity index (χ1v) is 15.2. The topological polar surface area (TPSA) is 151 Å². The highest BCUT2D eigenvalue weighted by Gasteiger charge is 2.34. The second kappa shape index (κ2) is 11.7. The van der Waals surface area contributed by atoms with E-state index in [-0.39, 0.29) is 10.6 Å². The summed E-state index contributed by atoms with van der Waals surface area (Å²) in [5, 5.41) is 11.0. The molecule has 224 valence electrons. The highest BCUT2D eigenvalue weighted by molar-refractivity contribution is 7.92. The molecule has 14 heteroatoms. The fraction of sp³-hybridized carbons (Fsp3) is 0.464. The Morgan fingerprint density at radius 2 is 1.71 bits per heavy atom. The Morgan fingerprint density at radius 1 is 1.00 bits per heavy atom. The van der Waals surface area contributed by atoms with Gasteiger partial charge < -0.3 is 19.7 Å². The van der Waals surface area contributed by atoms with Gasteiger partial charge in [-0.2, -0.15) is 5.10 Å². The van der Waals surface area contributed by atoms with Crippen LogP contribution in [0.25, 0.3) is 10.9 Å². The third kappa shape index (κ3) is 5.95. The molecule has 13 nitrogen and oxygen atoms in total. The monoisotopic (exact) mass is 595 g/mol. The quantitative estimate of drug-likeness (QED) is 0.292. The van der Waals surface area contributed by atoms with Crippen molar-refractivity contribution in [2.75, 3.05) is 56.7 Å². The Hall–Kier alpha value is -4.04. The first-order chi connectivity index (χ1) is 20.0. The fourth-order valence-electron chi connectivity index (χ4n) is 4.57. The lowest BCUT2D eigenvalue weighted by molar-refractivity contribution is 0.198. The summed E-state index contributed by atoms with van der Waals surface area (Å²) in [7, 11) is -2.18. The molecule has 1 aliphatic heterocycles. The Balaban J connectivity index is 1.34. The third-order valence-electron chi connectivity index (χ3n) is 7.46. The smallest absolute Gasteiger partial charge is 0.225 e. The van der Waals surface area contributed by atoms with Crippen molar-refractivity contribution in [3.05, 3.63) is 42.1 Å². The van der Waals surface area contributed by atoms with Crippen molar-refractivity contribution in [3.8, 4) is 11.5 Å². The molecular weight excluding hydrogens is 558 g/mol. The number of benzene rings is 1. The SMILES string of the molecule is COc1cnc(N2CCN(CCOc3cc4ncnc(Nc5n[nH]c(C)c5C)c4cc3S(=O)(=O)C(C)(C)C)CC2)nc1. The Kier molecular flexibility index (Phi) is 8.19. The number of sulfone groups is 1. The first-order valence-electron chi connectivity index (χ1n) is 13.8. The van der Waals surface area contributed by atoms with Crippen molar-refractivity contribution >= 4 is 38.3 Å². The number of hydrogen-bond acceptors (Lipinski definition) is 12. The molecule has 42 heavy (non-hydrogen) atoms. The zero-order chi connectivity index (χ0) is 30.1. The zero-order valence-corrected chi connectivity index (χ0v) is 25.6. The summed E-state index contributed by atoms with van der Waals surface area (Å²) in [6, 6.07) is 3.29. The molecular formula is C28H37N9O4S. The van der Waals surface area contributed by atoms with Gasteiger partial charge in [-0.15, -0.1) is 0 Å². The van der Waals surface area contributed by atoms with E-state index in [2.05, 4.69) is 45.2 Å². The van der Waals surface area contributed by atoms with Crippen LogP contribution in [0, 0.1) is 13.8 Å². The normalized spacial score (nSPS) is 14.8. The first kappa shape index (κ1) is 29.5. The fourth-order valence-corrected chi connectivity index (χ4v) is 5.88. The van der Waals surface area contributed by atoms with E-state index in [9.17, 15) is 8.42 Å². The van der Waals surface area contributed by atoms with Crippen molar-refractivity contribution in [3.63, 3.8) is 0 Å². The second-order valence-electron chi connectivity index (χ2n) is 11.2. The highest BCUT2D eigenvalue weighted by Crippen LogP contribution is 2.37. The standard InChI is InChI=1S/C28H37N9O4S/c1-18-19(2)34-35-25(18)33-26-21-13-24(42(38,39)28(3,4)5)23(14-22(21)31-17-32-26)41-12-11-36-7-9-37(10-8-36)27-29-15-20(40-6)16-30-27/h13-17H,7-12H2,1-6H3,(H2,31,32,33,34,35). The highest BCUT2D eigenvalue weighted by atomic mass is 32.2. The van der Waals surface area contributed by atoms with Gasteiger partial charge in [0.1, 0.15) is 29.4 Å². The molecule has 4 aromatic rings. The van der Waals surface area contributed by atoms with E-state index in [4.69, 9.17) is 9.47 Å². The van der Waals surface area contributed by atoms with Crippen LogP contribution in [-0.2, 0) is 9.84 Å². The molecule has 4 heterocycles. The van der Waals surface area contributed by atoms with Crippen LogP contribution in [0.4, 0.5) is 17.6 Å². The minimum absolute atomic E-state index is 0.108. The summed E-state index contributed by atoms with van der Waals surface area (Å²) in [4.78, 5) is 22.1. The van der Waals surface area contributed by atoms with Gasteiger partial charge in [-0.05, 0) is 40.7 Å². The molecule has 0 unspecified atom stereocenters. The lowest BCUT2D eigenvalue weighted by Gasteiger charge is -2.34. The number of aromatic amines is 1. The lowest BCUT2D eigenvalue weighted by Crippen LogP contribution is -2.48. The van der Waals surface area contributed by atoms with Gasteiger partial charge in [0.15, 0.2) is 21.4 Å². The molecule has 0 spiro atoms. The number of aryl methyl sites for hydroxylation is 1.